The van der Waals surface area contributed by atoms with Gasteiger partial charge in [0.05, 0.1) is 18.7 Å². The minimum atomic E-state index is -0.975. The Labute approximate surface area is 199 Å². The Hall–Kier alpha value is -2.41. The second-order valence-corrected chi connectivity index (χ2v) is 10.5. The Morgan fingerprint density at radius 3 is 2.18 bits per heavy atom. The molecule has 33 heavy (non-hydrogen) atoms. The van der Waals surface area contributed by atoms with Crippen LogP contribution < -0.4 is 10.6 Å². The second kappa shape index (κ2) is 13.3. The largest absolute Gasteiger partial charge is 0.389 e. The molecule has 0 aliphatic rings. The molecule has 0 aliphatic carbocycles. The van der Waals surface area contributed by atoms with Crippen molar-refractivity contribution in [1.82, 2.24) is 15.5 Å². The van der Waals surface area contributed by atoms with Crippen molar-refractivity contribution in [3.63, 3.8) is 0 Å². The van der Waals surface area contributed by atoms with Crippen LogP contribution in [0.4, 0.5) is 4.79 Å². The topological polar surface area (TPSA) is 98.7 Å². The molecule has 3 atom stereocenters. The maximum Gasteiger partial charge on any atom is 0.317 e. The van der Waals surface area contributed by atoms with E-state index in [1.807, 2.05) is 51.1 Å². The lowest BCUT2D eigenvalue weighted by atomic mass is 9.98. The Morgan fingerprint density at radius 1 is 1.06 bits per heavy atom. The van der Waals surface area contributed by atoms with Crippen LogP contribution in [0.3, 0.4) is 0 Å². The average Bonchev–Trinajstić information content (AvgIpc) is 2.69. The molecule has 0 radical (unpaired) electrons. The van der Waals surface area contributed by atoms with E-state index in [1.54, 1.807) is 11.8 Å². The van der Waals surface area contributed by atoms with Crippen molar-refractivity contribution in [3.05, 3.63) is 35.9 Å². The van der Waals surface area contributed by atoms with E-state index >= 15 is 0 Å². The molecule has 3 amide bonds. The molecule has 0 saturated heterocycles. The minimum Gasteiger partial charge on any atom is -0.389 e. The third-order valence-corrected chi connectivity index (χ3v) is 5.28. The lowest BCUT2D eigenvalue weighted by Crippen LogP contribution is -2.55. The van der Waals surface area contributed by atoms with Gasteiger partial charge in [-0.1, -0.05) is 51.1 Å². The highest BCUT2D eigenvalue weighted by atomic mass is 16.3. The van der Waals surface area contributed by atoms with Gasteiger partial charge >= 0.3 is 6.03 Å². The summed E-state index contributed by atoms with van der Waals surface area (Å²) in [6, 6.07) is 8.76. The zero-order chi connectivity index (χ0) is 25.2. The number of carbonyl (C=O) groups is 3. The number of aliphatic hydroxyl groups excluding tert-OH is 1. The van der Waals surface area contributed by atoms with Crippen LogP contribution in [0, 0.1) is 11.8 Å². The van der Waals surface area contributed by atoms with E-state index in [4.69, 9.17) is 0 Å². The fourth-order valence-corrected chi connectivity index (χ4v) is 3.44. The van der Waals surface area contributed by atoms with Gasteiger partial charge in [-0.25, -0.2) is 4.79 Å². The van der Waals surface area contributed by atoms with Crippen LogP contribution in [0.2, 0.25) is 0 Å². The molecule has 1 aromatic rings. The minimum absolute atomic E-state index is 0.0588. The number of nitrogens with zero attached hydrogens (tertiary/aromatic N) is 1. The maximum absolute atomic E-state index is 12.9. The molecule has 7 heteroatoms. The third-order valence-electron chi connectivity index (χ3n) is 5.28. The van der Waals surface area contributed by atoms with E-state index < -0.39 is 23.6 Å². The summed E-state index contributed by atoms with van der Waals surface area (Å²) in [5.41, 5.74) is 0.562. The Bertz CT molecular complexity index is 759. The molecule has 0 fully saturated rings. The molecule has 0 spiro atoms. The van der Waals surface area contributed by atoms with E-state index in [0.717, 1.165) is 12.0 Å². The van der Waals surface area contributed by atoms with Crippen LogP contribution in [0.15, 0.2) is 30.3 Å². The van der Waals surface area contributed by atoms with Crippen molar-refractivity contribution in [3.8, 4) is 0 Å². The van der Waals surface area contributed by atoms with Crippen molar-refractivity contribution in [1.29, 1.82) is 0 Å². The first-order chi connectivity index (χ1) is 15.3. The van der Waals surface area contributed by atoms with Gasteiger partial charge in [-0.3, -0.25) is 4.79 Å². The molecule has 1 rings (SSSR count). The summed E-state index contributed by atoms with van der Waals surface area (Å²) in [5.74, 6) is -0.428. The van der Waals surface area contributed by atoms with Gasteiger partial charge in [0.1, 0.15) is 5.78 Å². The molecule has 0 heterocycles. The number of aliphatic hydroxyl groups is 1. The second-order valence-electron chi connectivity index (χ2n) is 10.5. The molecule has 0 aromatic heterocycles. The number of nitrogens with one attached hydrogen (secondary N) is 2. The molecular weight excluding hydrogens is 418 g/mol. The molecule has 7 nitrogen and oxygen atoms in total. The number of Topliss-reactive ketones (excluding diaryl/α,β-unsaturated/α-hetero) is 1. The van der Waals surface area contributed by atoms with Crippen molar-refractivity contribution >= 4 is 17.7 Å². The van der Waals surface area contributed by atoms with Gasteiger partial charge in [0.2, 0.25) is 5.91 Å². The van der Waals surface area contributed by atoms with Gasteiger partial charge < -0.3 is 25.4 Å². The predicted molar refractivity (Wildman–Crippen MR) is 132 cm³/mol. The van der Waals surface area contributed by atoms with Crippen LogP contribution in [-0.2, 0) is 16.0 Å². The lowest BCUT2D eigenvalue weighted by molar-refractivity contribution is -0.129. The lowest BCUT2D eigenvalue weighted by Gasteiger charge is -2.33. The summed E-state index contributed by atoms with van der Waals surface area (Å²) in [7, 11) is 0. The summed E-state index contributed by atoms with van der Waals surface area (Å²) in [5, 5.41) is 17.1. The van der Waals surface area contributed by atoms with Gasteiger partial charge in [0.15, 0.2) is 0 Å². The van der Waals surface area contributed by atoms with E-state index in [1.165, 1.54) is 6.92 Å². The van der Waals surface area contributed by atoms with Crippen molar-refractivity contribution in [2.24, 2.45) is 11.8 Å². The monoisotopic (exact) mass is 461 g/mol. The zero-order valence-corrected chi connectivity index (χ0v) is 21.4. The standard InChI is InChI=1S/C26H43N3O4/c1-18(2)13-14-29(25(33)28-26(5,6)7)17-23(31)22(16-21-11-9-8-10-12-21)27-24(32)19(3)15-20(4)30/h8-12,18-19,22-23,31H,13-17H2,1-7H3,(H,27,32)(H,28,33). The number of amides is 3. The SMILES string of the molecule is CC(=O)CC(C)C(=O)NC(Cc1ccccc1)C(O)CN(CCC(C)C)C(=O)NC(C)(C)C. The van der Waals surface area contributed by atoms with Crippen LogP contribution in [0.1, 0.15) is 66.9 Å². The smallest absolute Gasteiger partial charge is 0.317 e. The Balaban J connectivity index is 3.04. The van der Waals surface area contributed by atoms with Gasteiger partial charge in [-0.15, -0.1) is 0 Å². The summed E-state index contributed by atoms with van der Waals surface area (Å²) in [4.78, 5) is 38.7. The Kier molecular flexibility index (Phi) is 11.6. The van der Waals surface area contributed by atoms with Crippen molar-refractivity contribution in [2.45, 2.75) is 85.4 Å². The molecular formula is C26H43N3O4. The predicted octanol–water partition coefficient (Wildman–Crippen LogP) is 3.55. The number of rotatable bonds is 12. The van der Waals surface area contributed by atoms with Gasteiger partial charge in [-0.2, -0.15) is 0 Å². The maximum atomic E-state index is 12.9. The first-order valence-electron chi connectivity index (χ1n) is 11.9. The normalized spacial score (nSPS) is 14.3. The number of benzene rings is 1. The molecule has 3 unspecified atom stereocenters. The van der Waals surface area contributed by atoms with Gasteiger partial charge in [-0.05, 0) is 52.0 Å². The Morgan fingerprint density at radius 2 is 1.67 bits per heavy atom. The van der Waals surface area contributed by atoms with Gasteiger partial charge in [0.25, 0.3) is 0 Å². The van der Waals surface area contributed by atoms with E-state index in [0.29, 0.717) is 18.9 Å². The first kappa shape index (κ1) is 28.6. The zero-order valence-electron chi connectivity index (χ0n) is 21.4. The van der Waals surface area contributed by atoms with E-state index in [2.05, 4.69) is 24.5 Å². The number of hydrogen-bond acceptors (Lipinski definition) is 4. The molecule has 1 aromatic carbocycles. The highest BCUT2D eigenvalue weighted by molar-refractivity contribution is 5.85. The highest BCUT2D eigenvalue weighted by Gasteiger charge is 2.29. The molecule has 186 valence electrons. The van der Waals surface area contributed by atoms with E-state index in [-0.39, 0.29) is 30.7 Å². The first-order valence-corrected chi connectivity index (χ1v) is 11.9. The molecule has 0 bridgehead atoms. The average molecular weight is 462 g/mol. The summed E-state index contributed by atoms with van der Waals surface area (Å²) in [6.07, 6.45) is 0.389. The summed E-state index contributed by atoms with van der Waals surface area (Å²) in [6.45, 7) is 13.7. The third kappa shape index (κ3) is 11.9. The molecule has 0 aliphatic heterocycles. The van der Waals surface area contributed by atoms with Crippen LogP contribution in [0.25, 0.3) is 0 Å². The van der Waals surface area contributed by atoms with Crippen molar-refractivity contribution < 1.29 is 19.5 Å². The summed E-state index contributed by atoms with van der Waals surface area (Å²) >= 11 is 0. The van der Waals surface area contributed by atoms with Crippen LogP contribution >= 0.6 is 0 Å². The number of ketones is 1. The quantitative estimate of drug-likeness (QED) is 0.443. The number of urea groups is 1. The fourth-order valence-electron chi connectivity index (χ4n) is 3.44. The fraction of sp³-hybridized carbons (Fsp3) is 0.654. The number of carbonyl (C=O) groups excluding carboxylic acids is 3. The van der Waals surface area contributed by atoms with Crippen LogP contribution in [0.5, 0.6) is 0 Å². The highest BCUT2D eigenvalue weighted by Crippen LogP contribution is 2.13. The molecule has 3 N–H and O–H groups in total. The number of hydrogen-bond donors (Lipinski definition) is 3. The molecule has 0 saturated carbocycles. The van der Waals surface area contributed by atoms with Crippen LogP contribution in [-0.4, -0.2) is 58.5 Å². The summed E-state index contributed by atoms with van der Waals surface area (Å²) < 4.78 is 0. The van der Waals surface area contributed by atoms with Gasteiger partial charge in [0, 0.05) is 24.4 Å². The van der Waals surface area contributed by atoms with E-state index in [9.17, 15) is 19.5 Å². The van der Waals surface area contributed by atoms with Crippen molar-refractivity contribution in [2.75, 3.05) is 13.1 Å².